The minimum absolute atomic E-state index is 0. The van der Waals surface area contributed by atoms with Crippen LogP contribution in [-0.2, 0) is 17.8 Å². The Morgan fingerprint density at radius 3 is 2.43 bits per heavy atom. The molecule has 0 saturated heterocycles. The van der Waals surface area contributed by atoms with E-state index in [-0.39, 0.29) is 23.9 Å². The average Bonchev–Trinajstić information content (AvgIpc) is 2.91. The lowest BCUT2D eigenvalue weighted by Crippen LogP contribution is -2.52. The summed E-state index contributed by atoms with van der Waals surface area (Å²) in [6.45, 7) is 10.8. The quantitative estimate of drug-likeness (QED) is 0.658. The molecule has 7 heteroatoms. The number of nitrogens with one attached hydrogen (secondary N) is 1. The van der Waals surface area contributed by atoms with E-state index in [2.05, 4.69) is 24.3 Å². The summed E-state index contributed by atoms with van der Waals surface area (Å²) in [5.41, 5.74) is 8.23. The molecule has 156 valence electrons. The van der Waals surface area contributed by atoms with Crippen molar-refractivity contribution in [2.45, 2.75) is 59.6 Å². The summed E-state index contributed by atoms with van der Waals surface area (Å²) in [4.78, 5) is 12.4. The second kappa shape index (κ2) is 10.5. The summed E-state index contributed by atoms with van der Waals surface area (Å²) in [6, 6.07) is 7.56. The largest absolute Gasteiger partial charge is 0.489 e. The van der Waals surface area contributed by atoms with Gasteiger partial charge in [0.15, 0.2) is 0 Å². The number of aryl methyl sites for hydroxylation is 2. The predicted molar refractivity (Wildman–Crippen MR) is 113 cm³/mol. The number of hydrogen-bond donors (Lipinski definition) is 2. The lowest BCUT2D eigenvalue weighted by Gasteiger charge is -2.31. The summed E-state index contributed by atoms with van der Waals surface area (Å²) in [6.07, 6.45) is 1.17. The minimum Gasteiger partial charge on any atom is -0.489 e. The van der Waals surface area contributed by atoms with Gasteiger partial charge in [0.1, 0.15) is 18.1 Å². The highest BCUT2D eigenvalue weighted by atomic mass is 35.5. The van der Waals surface area contributed by atoms with Crippen LogP contribution < -0.4 is 15.8 Å². The molecule has 0 bridgehead atoms. The number of carbonyl (C=O) groups excluding carboxylic acids is 1. The molecule has 1 amide bonds. The summed E-state index contributed by atoms with van der Waals surface area (Å²) in [7, 11) is 0. The third kappa shape index (κ3) is 6.84. The Morgan fingerprint density at radius 2 is 1.93 bits per heavy atom. The Labute approximate surface area is 173 Å². The first-order valence-electron chi connectivity index (χ1n) is 9.37. The van der Waals surface area contributed by atoms with Crippen LogP contribution in [0.5, 0.6) is 5.75 Å². The summed E-state index contributed by atoms with van der Waals surface area (Å²) in [5.74, 6) is 1.96. The molecule has 0 fully saturated rings. The molecule has 3 N–H and O–H groups in total. The number of carbonyl (C=O) groups is 1. The molecule has 0 saturated carbocycles. The zero-order valence-electron chi connectivity index (χ0n) is 17.4. The standard InChI is InChI=1S/C21H31N3O3.ClH/c1-14(2)11-21(5,13-22)23-20(25)10-17-6-8-18(9-7-17)26-12-19-15(3)24-27-16(19)4;/h6-9,14H,10-13,22H2,1-5H3,(H,23,25);1H. The second-order valence-electron chi connectivity index (χ2n) is 7.82. The van der Waals surface area contributed by atoms with Crippen LogP contribution >= 0.6 is 12.4 Å². The maximum Gasteiger partial charge on any atom is 0.224 e. The molecule has 1 unspecified atom stereocenters. The number of benzene rings is 1. The highest BCUT2D eigenvalue weighted by Crippen LogP contribution is 2.19. The summed E-state index contributed by atoms with van der Waals surface area (Å²) in [5, 5.41) is 7.00. The molecule has 28 heavy (non-hydrogen) atoms. The molecule has 0 spiro atoms. The third-order valence-corrected chi connectivity index (χ3v) is 4.60. The lowest BCUT2D eigenvalue weighted by molar-refractivity contribution is -0.122. The normalized spacial score (nSPS) is 13.0. The fourth-order valence-electron chi connectivity index (χ4n) is 3.22. The van der Waals surface area contributed by atoms with Crippen molar-refractivity contribution in [3.8, 4) is 5.75 Å². The number of nitrogens with zero attached hydrogens (tertiary/aromatic N) is 1. The van der Waals surface area contributed by atoms with Crippen molar-refractivity contribution in [2.24, 2.45) is 11.7 Å². The van der Waals surface area contributed by atoms with E-state index in [4.69, 9.17) is 15.0 Å². The first kappa shape index (κ1) is 24.0. The number of ether oxygens (including phenoxy) is 1. The summed E-state index contributed by atoms with van der Waals surface area (Å²) >= 11 is 0. The number of hydrogen-bond acceptors (Lipinski definition) is 5. The van der Waals surface area contributed by atoms with E-state index in [1.54, 1.807) is 0 Å². The molecule has 1 heterocycles. The molecule has 2 rings (SSSR count). The number of nitrogens with two attached hydrogens (primary N) is 1. The molecule has 0 radical (unpaired) electrons. The number of amides is 1. The highest BCUT2D eigenvalue weighted by molar-refractivity contribution is 5.85. The fraction of sp³-hybridized carbons (Fsp3) is 0.524. The topological polar surface area (TPSA) is 90.4 Å². The van der Waals surface area contributed by atoms with Gasteiger partial charge in [-0.1, -0.05) is 31.1 Å². The number of aromatic nitrogens is 1. The maximum atomic E-state index is 12.4. The van der Waals surface area contributed by atoms with Crippen LogP contribution in [0, 0.1) is 19.8 Å². The first-order valence-corrected chi connectivity index (χ1v) is 9.37. The van der Waals surface area contributed by atoms with E-state index in [1.165, 1.54) is 0 Å². The zero-order valence-corrected chi connectivity index (χ0v) is 18.2. The van der Waals surface area contributed by atoms with Gasteiger partial charge in [-0.25, -0.2) is 0 Å². The Balaban J connectivity index is 0.00000392. The molecule has 1 atom stereocenters. The monoisotopic (exact) mass is 409 g/mol. The molecule has 0 aliphatic carbocycles. The molecule has 0 aliphatic heterocycles. The molecular weight excluding hydrogens is 378 g/mol. The van der Waals surface area contributed by atoms with Gasteiger partial charge in [0.25, 0.3) is 0 Å². The second-order valence-corrected chi connectivity index (χ2v) is 7.82. The van der Waals surface area contributed by atoms with Crippen LogP contribution in [0.15, 0.2) is 28.8 Å². The van der Waals surface area contributed by atoms with Crippen LogP contribution in [0.25, 0.3) is 0 Å². The van der Waals surface area contributed by atoms with Crippen LogP contribution in [0.3, 0.4) is 0 Å². The SMILES string of the molecule is Cc1noc(C)c1COc1ccc(CC(=O)NC(C)(CN)CC(C)C)cc1.Cl. The van der Waals surface area contributed by atoms with Crippen molar-refractivity contribution in [2.75, 3.05) is 6.54 Å². The molecular formula is C21H32ClN3O3. The molecule has 2 aromatic rings. The minimum atomic E-state index is -0.372. The lowest BCUT2D eigenvalue weighted by atomic mass is 9.90. The van der Waals surface area contributed by atoms with Gasteiger partial charge in [0.2, 0.25) is 5.91 Å². The van der Waals surface area contributed by atoms with Crippen molar-refractivity contribution in [3.05, 3.63) is 46.8 Å². The summed E-state index contributed by atoms with van der Waals surface area (Å²) < 4.78 is 10.9. The smallest absolute Gasteiger partial charge is 0.224 e. The van der Waals surface area contributed by atoms with Gasteiger partial charge in [-0.05, 0) is 50.8 Å². The van der Waals surface area contributed by atoms with Crippen LogP contribution in [0.4, 0.5) is 0 Å². The molecule has 1 aromatic carbocycles. The van der Waals surface area contributed by atoms with Crippen molar-refractivity contribution < 1.29 is 14.1 Å². The van der Waals surface area contributed by atoms with E-state index >= 15 is 0 Å². The predicted octanol–water partition coefficient (Wildman–Crippen LogP) is 3.71. The Hall–Kier alpha value is -2.05. The van der Waals surface area contributed by atoms with Gasteiger partial charge >= 0.3 is 0 Å². The molecule has 6 nitrogen and oxygen atoms in total. The van der Waals surface area contributed by atoms with Gasteiger partial charge < -0.3 is 20.3 Å². The molecule has 0 aliphatic rings. The molecule has 1 aromatic heterocycles. The van der Waals surface area contributed by atoms with Crippen molar-refractivity contribution in [1.82, 2.24) is 10.5 Å². The maximum absolute atomic E-state index is 12.4. The van der Waals surface area contributed by atoms with E-state index < -0.39 is 0 Å². The van der Waals surface area contributed by atoms with Gasteiger partial charge in [-0.2, -0.15) is 0 Å². The van der Waals surface area contributed by atoms with Crippen molar-refractivity contribution in [3.63, 3.8) is 0 Å². The fourth-order valence-corrected chi connectivity index (χ4v) is 3.22. The van der Waals surface area contributed by atoms with Gasteiger partial charge in [0, 0.05) is 12.1 Å². The Bertz CT molecular complexity index is 739. The van der Waals surface area contributed by atoms with Gasteiger partial charge in [-0.15, -0.1) is 12.4 Å². The van der Waals surface area contributed by atoms with E-state index in [9.17, 15) is 4.79 Å². The average molecular weight is 410 g/mol. The van der Waals surface area contributed by atoms with E-state index in [0.29, 0.717) is 25.5 Å². The zero-order chi connectivity index (χ0) is 20.0. The van der Waals surface area contributed by atoms with Crippen LogP contribution in [0.2, 0.25) is 0 Å². The number of halogens is 1. The van der Waals surface area contributed by atoms with Gasteiger partial charge in [-0.3, -0.25) is 4.79 Å². The van der Waals surface area contributed by atoms with Gasteiger partial charge in [0.05, 0.1) is 17.7 Å². The number of rotatable bonds is 9. The third-order valence-electron chi connectivity index (χ3n) is 4.60. The first-order chi connectivity index (χ1) is 12.7. The highest BCUT2D eigenvalue weighted by Gasteiger charge is 2.25. The Kier molecular flexibility index (Phi) is 8.98. The van der Waals surface area contributed by atoms with Crippen molar-refractivity contribution in [1.29, 1.82) is 0 Å². The Morgan fingerprint density at radius 1 is 1.29 bits per heavy atom. The van der Waals surface area contributed by atoms with Crippen molar-refractivity contribution >= 4 is 18.3 Å². The van der Waals surface area contributed by atoms with E-state index in [0.717, 1.165) is 34.8 Å². The van der Waals surface area contributed by atoms with Crippen LogP contribution in [-0.4, -0.2) is 23.1 Å². The van der Waals surface area contributed by atoms with Crippen LogP contribution in [0.1, 0.15) is 49.8 Å². The van der Waals surface area contributed by atoms with E-state index in [1.807, 2.05) is 45.0 Å².